The van der Waals surface area contributed by atoms with Crippen molar-refractivity contribution < 1.29 is 5.11 Å². The van der Waals surface area contributed by atoms with Crippen LogP contribution in [0.3, 0.4) is 0 Å². The Morgan fingerprint density at radius 1 is 1.21 bits per heavy atom. The highest BCUT2D eigenvalue weighted by atomic mass is 16.3. The fraction of sp³-hybridized carbons (Fsp3) is 0.476. The Morgan fingerprint density at radius 3 is 2.52 bits per heavy atom. The number of aromatic nitrogens is 4. The van der Waals surface area contributed by atoms with E-state index in [-0.39, 0.29) is 6.10 Å². The SMILES string of the molecule is CC.CC(C)O.[B]c1cnn2c(NCc3cccnc3)cc(N3CCCC3)nc12. The van der Waals surface area contributed by atoms with Crippen LogP contribution in [0.15, 0.2) is 36.8 Å². The molecule has 2 radical (unpaired) electrons. The summed E-state index contributed by atoms with van der Waals surface area (Å²) < 4.78 is 1.76. The van der Waals surface area contributed by atoms with E-state index >= 15 is 0 Å². The summed E-state index contributed by atoms with van der Waals surface area (Å²) in [7, 11) is 6.02. The molecule has 1 saturated heterocycles. The molecule has 0 amide bonds. The van der Waals surface area contributed by atoms with Gasteiger partial charge in [0.05, 0.1) is 0 Å². The molecule has 1 aliphatic heterocycles. The third-order valence-corrected chi connectivity index (χ3v) is 4.11. The summed E-state index contributed by atoms with van der Waals surface area (Å²) in [5.74, 6) is 1.84. The first-order chi connectivity index (χ1) is 14.0. The first-order valence-electron chi connectivity index (χ1n) is 10.2. The molecule has 2 N–H and O–H groups in total. The van der Waals surface area contributed by atoms with Gasteiger partial charge in [0.15, 0.2) is 5.65 Å². The maximum atomic E-state index is 8.06. The zero-order valence-corrected chi connectivity index (χ0v) is 17.8. The lowest BCUT2D eigenvalue weighted by Crippen LogP contribution is -2.21. The molecule has 1 aliphatic rings. The third kappa shape index (κ3) is 6.46. The summed E-state index contributed by atoms with van der Waals surface area (Å²) in [6.45, 7) is 10.2. The second-order valence-electron chi connectivity index (χ2n) is 6.84. The molecule has 0 unspecified atom stereocenters. The molecule has 29 heavy (non-hydrogen) atoms. The first kappa shape index (κ1) is 22.7. The smallest absolute Gasteiger partial charge is 0.152 e. The largest absolute Gasteiger partial charge is 0.394 e. The van der Waals surface area contributed by atoms with Crippen molar-refractivity contribution in [1.82, 2.24) is 19.6 Å². The van der Waals surface area contributed by atoms with Crippen LogP contribution in [0, 0.1) is 0 Å². The van der Waals surface area contributed by atoms with Crippen molar-refractivity contribution in [3.63, 3.8) is 0 Å². The number of fused-ring (bicyclic) bond motifs is 1. The molecule has 7 nitrogen and oxygen atoms in total. The van der Waals surface area contributed by atoms with Crippen molar-refractivity contribution in [3.8, 4) is 0 Å². The Morgan fingerprint density at radius 2 is 1.90 bits per heavy atom. The van der Waals surface area contributed by atoms with Crippen LogP contribution in [0.1, 0.15) is 46.1 Å². The topological polar surface area (TPSA) is 78.6 Å². The molecule has 1 fully saturated rings. The lowest BCUT2D eigenvalue weighted by atomic mass is 10.0. The van der Waals surface area contributed by atoms with Gasteiger partial charge >= 0.3 is 0 Å². The lowest BCUT2D eigenvalue weighted by Gasteiger charge is -2.18. The average Bonchev–Trinajstić information content (AvgIpc) is 3.39. The fourth-order valence-electron chi connectivity index (χ4n) is 2.90. The number of nitrogens with one attached hydrogen (secondary N) is 1. The summed E-state index contributed by atoms with van der Waals surface area (Å²) in [5, 5.41) is 15.8. The summed E-state index contributed by atoms with van der Waals surface area (Å²) in [6, 6.07) is 6.01. The number of aliphatic hydroxyl groups is 1. The van der Waals surface area contributed by atoms with Gasteiger partial charge in [0, 0.05) is 50.4 Å². The Labute approximate surface area is 174 Å². The minimum absolute atomic E-state index is 0.167. The minimum atomic E-state index is -0.167. The molecule has 154 valence electrons. The van der Waals surface area contributed by atoms with Crippen molar-refractivity contribution in [2.24, 2.45) is 0 Å². The second kappa shape index (κ2) is 11.4. The third-order valence-electron chi connectivity index (χ3n) is 4.11. The van der Waals surface area contributed by atoms with Crippen LogP contribution in [0.25, 0.3) is 5.65 Å². The fourth-order valence-corrected chi connectivity index (χ4v) is 2.90. The maximum absolute atomic E-state index is 8.06. The predicted molar refractivity (Wildman–Crippen MR) is 120 cm³/mol. The molecule has 0 saturated carbocycles. The molecule has 0 bridgehead atoms. The Bertz CT molecular complexity index is 859. The molecular formula is C21H31BN6O. The molecule has 4 rings (SSSR count). The molecule has 0 aromatic carbocycles. The van der Waals surface area contributed by atoms with Crippen LogP contribution in [-0.2, 0) is 6.54 Å². The van der Waals surface area contributed by atoms with Gasteiger partial charge < -0.3 is 15.3 Å². The van der Waals surface area contributed by atoms with Gasteiger partial charge in [-0.2, -0.15) is 9.61 Å². The summed E-state index contributed by atoms with van der Waals surface area (Å²) >= 11 is 0. The molecule has 3 aromatic rings. The summed E-state index contributed by atoms with van der Waals surface area (Å²) in [5.41, 5.74) is 2.40. The molecule has 0 atom stereocenters. The minimum Gasteiger partial charge on any atom is -0.394 e. The van der Waals surface area contributed by atoms with Gasteiger partial charge in [-0.05, 0) is 43.8 Å². The van der Waals surface area contributed by atoms with Gasteiger partial charge in [-0.3, -0.25) is 4.98 Å². The number of hydrogen-bond acceptors (Lipinski definition) is 6. The van der Waals surface area contributed by atoms with E-state index in [9.17, 15) is 0 Å². The van der Waals surface area contributed by atoms with E-state index < -0.39 is 0 Å². The van der Waals surface area contributed by atoms with Gasteiger partial charge in [-0.15, -0.1) is 0 Å². The molecule has 3 aromatic heterocycles. The van der Waals surface area contributed by atoms with Gasteiger partial charge in [-0.25, -0.2) is 4.98 Å². The standard InChI is InChI=1S/C16H17BN6.C3H8O.C2H6/c17-13-11-20-23-14(19-10-12-4-3-5-18-9-12)8-15(21-16(13)23)22-6-1-2-7-22;1-3(2)4;1-2/h3-5,8-9,11,19H,1-2,6-7,10H2;3-4H,1-2H3;1-2H3. The van der Waals surface area contributed by atoms with E-state index in [0.29, 0.717) is 17.7 Å². The zero-order valence-electron chi connectivity index (χ0n) is 17.8. The maximum Gasteiger partial charge on any atom is 0.152 e. The number of nitrogens with zero attached hydrogens (tertiary/aromatic N) is 5. The van der Waals surface area contributed by atoms with Crippen molar-refractivity contribution in [2.45, 2.75) is 53.2 Å². The number of anilines is 2. The molecule has 0 spiro atoms. The van der Waals surface area contributed by atoms with E-state index in [2.05, 4.69) is 25.3 Å². The Kier molecular flexibility index (Phi) is 8.92. The van der Waals surface area contributed by atoms with Gasteiger partial charge in [0.1, 0.15) is 19.5 Å². The highest BCUT2D eigenvalue weighted by Crippen LogP contribution is 2.22. The van der Waals surface area contributed by atoms with Gasteiger partial charge in [-0.1, -0.05) is 19.9 Å². The summed E-state index contributed by atoms with van der Waals surface area (Å²) in [4.78, 5) is 11.1. The van der Waals surface area contributed by atoms with E-state index in [1.165, 1.54) is 12.8 Å². The van der Waals surface area contributed by atoms with Crippen molar-refractivity contribution in [1.29, 1.82) is 0 Å². The van der Waals surface area contributed by atoms with Crippen LogP contribution >= 0.6 is 0 Å². The predicted octanol–water partition coefficient (Wildman–Crippen LogP) is 2.54. The first-order valence-corrected chi connectivity index (χ1v) is 10.2. The highest BCUT2D eigenvalue weighted by Gasteiger charge is 2.17. The second-order valence-corrected chi connectivity index (χ2v) is 6.84. The quantitative estimate of drug-likeness (QED) is 0.663. The molecule has 0 aliphatic carbocycles. The Hall–Kier alpha value is -2.61. The zero-order chi connectivity index (χ0) is 21.2. The van der Waals surface area contributed by atoms with Crippen LogP contribution < -0.4 is 15.7 Å². The number of hydrogen-bond donors (Lipinski definition) is 2. The average molecular weight is 394 g/mol. The number of pyridine rings is 1. The lowest BCUT2D eigenvalue weighted by molar-refractivity contribution is 0.216. The summed E-state index contributed by atoms with van der Waals surface area (Å²) in [6.07, 6.45) is 7.52. The van der Waals surface area contributed by atoms with E-state index in [1.54, 1.807) is 30.8 Å². The molecular weight excluding hydrogens is 363 g/mol. The van der Waals surface area contributed by atoms with E-state index in [1.807, 2.05) is 38.2 Å². The van der Waals surface area contributed by atoms with Gasteiger partial charge in [0.2, 0.25) is 0 Å². The van der Waals surface area contributed by atoms with Crippen LogP contribution in [0.2, 0.25) is 0 Å². The van der Waals surface area contributed by atoms with Crippen molar-refractivity contribution in [3.05, 3.63) is 42.4 Å². The van der Waals surface area contributed by atoms with Crippen LogP contribution in [0.5, 0.6) is 0 Å². The Balaban J connectivity index is 0.000000449. The number of rotatable bonds is 4. The van der Waals surface area contributed by atoms with Crippen LogP contribution in [-0.4, -0.2) is 51.7 Å². The van der Waals surface area contributed by atoms with Crippen LogP contribution in [0.4, 0.5) is 11.6 Å². The van der Waals surface area contributed by atoms with Gasteiger partial charge in [0.25, 0.3) is 0 Å². The molecule has 4 heterocycles. The van der Waals surface area contributed by atoms with E-state index in [0.717, 1.165) is 30.3 Å². The number of aliphatic hydroxyl groups excluding tert-OH is 1. The highest BCUT2D eigenvalue weighted by molar-refractivity contribution is 6.36. The normalized spacial score (nSPS) is 13.0. The molecule has 8 heteroatoms. The monoisotopic (exact) mass is 394 g/mol. The van der Waals surface area contributed by atoms with Crippen molar-refractivity contribution >= 4 is 30.6 Å². The van der Waals surface area contributed by atoms with E-state index in [4.69, 9.17) is 13.0 Å². The van der Waals surface area contributed by atoms with Crippen molar-refractivity contribution in [2.75, 3.05) is 23.3 Å².